The highest BCUT2D eigenvalue weighted by Crippen LogP contribution is 2.05. The van der Waals surface area contributed by atoms with Gasteiger partial charge in [-0.2, -0.15) is 0 Å². The van der Waals surface area contributed by atoms with Gasteiger partial charge in [-0.15, -0.1) is 0 Å². The van der Waals surface area contributed by atoms with Crippen molar-refractivity contribution in [3.63, 3.8) is 0 Å². The van der Waals surface area contributed by atoms with Crippen molar-refractivity contribution in [3.05, 3.63) is 12.4 Å². The summed E-state index contributed by atoms with van der Waals surface area (Å²) in [7, 11) is 10.3. The van der Waals surface area contributed by atoms with Crippen LogP contribution in [0.1, 0.15) is 0 Å². The minimum Gasteiger partial charge on any atom is -0.335 e. The molecule has 0 amide bonds. The molecule has 0 saturated carbocycles. The summed E-state index contributed by atoms with van der Waals surface area (Å²) in [5.74, 6) is 1.11. The van der Waals surface area contributed by atoms with Crippen LogP contribution in [0.25, 0.3) is 0 Å². The maximum atomic E-state index is 3.92. The maximum absolute atomic E-state index is 3.92. The van der Waals surface area contributed by atoms with Gasteiger partial charge in [0, 0.05) is 14.1 Å². The Hall–Kier alpha value is -0.500. The van der Waals surface area contributed by atoms with Gasteiger partial charge in [-0.05, 0) is 6.58 Å². The first-order valence-corrected chi connectivity index (χ1v) is 3.04. The van der Waals surface area contributed by atoms with Crippen LogP contribution in [0.4, 0.5) is 0 Å². The molecule has 0 aliphatic rings. The molecule has 0 N–H and O–H groups in total. The van der Waals surface area contributed by atoms with Crippen LogP contribution in [0.2, 0.25) is 0 Å². The Morgan fingerprint density at radius 2 is 1.56 bits per heavy atom. The third kappa shape index (κ3) is 2.51. The number of nitrogens with zero attached hydrogens (tertiary/aromatic N) is 2. The number of quaternary nitrogens is 1. The van der Waals surface area contributed by atoms with Crippen LogP contribution in [0.15, 0.2) is 12.4 Å². The average Bonchev–Trinajstić information content (AvgIpc) is 1.62. The molecule has 2 heteroatoms. The first-order chi connectivity index (χ1) is 3.85. The van der Waals surface area contributed by atoms with E-state index in [9.17, 15) is 0 Å². The summed E-state index contributed by atoms with van der Waals surface area (Å²) in [6.45, 7) is 3.92. The predicted octanol–water partition coefficient (Wildman–Crippen LogP) is 0.725. The van der Waals surface area contributed by atoms with E-state index in [1.807, 2.05) is 19.0 Å². The molecule has 0 unspecified atom stereocenters. The topological polar surface area (TPSA) is 3.24 Å². The van der Waals surface area contributed by atoms with Crippen molar-refractivity contribution in [3.8, 4) is 0 Å². The quantitative estimate of drug-likeness (QED) is 0.497. The fraction of sp³-hybridized carbons (Fsp3) is 0.714. The number of hydrogen-bond donors (Lipinski definition) is 0. The fourth-order valence-corrected chi connectivity index (χ4v) is 0.600. The second-order valence-electron chi connectivity index (χ2n) is 3.32. The van der Waals surface area contributed by atoms with E-state index in [-0.39, 0.29) is 0 Å². The van der Waals surface area contributed by atoms with E-state index < -0.39 is 0 Å². The highest BCUT2D eigenvalue weighted by molar-refractivity contribution is 4.77. The molecule has 54 valence electrons. The molecule has 0 aliphatic heterocycles. The van der Waals surface area contributed by atoms with Crippen molar-refractivity contribution in [1.29, 1.82) is 0 Å². The molecule has 0 spiro atoms. The van der Waals surface area contributed by atoms with E-state index in [4.69, 9.17) is 0 Å². The van der Waals surface area contributed by atoms with Crippen LogP contribution in [0.5, 0.6) is 0 Å². The van der Waals surface area contributed by atoms with Gasteiger partial charge in [0.25, 0.3) is 0 Å². The van der Waals surface area contributed by atoms with Gasteiger partial charge in [0.2, 0.25) is 0 Å². The molecule has 0 fully saturated rings. The first-order valence-electron chi connectivity index (χ1n) is 3.04. The van der Waals surface area contributed by atoms with Gasteiger partial charge in [-0.25, -0.2) is 0 Å². The largest absolute Gasteiger partial charge is 0.335 e. The summed E-state index contributed by atoms with van der Waals surface area (Å²) in [4.78, 5) is 2.03. The van der Waals surface area contributed by atoms with Crippen molar-refractivity contribution in [2.45, 2.75) is 0 Å². The van der Waals surface area contributed by atoms with Crippen molar-refractivity contribution < 1.29 is 4.48 Å². The highest BCUT2D eigenvalue weighted by Gasteiger charge is 2.13. The Morgan fingerprint density at radius 1 is 1.22 bits per heavy atom. The average molecular weight is 129 g/mol. The van der Waals surface area contributed by atoms with E-state index in [0.29, 0.717) is 0 Å². The SMILES string of the molecule is C=C(N(C)C)[N+](C)(C)C. The fourth-order valence-electron chi connectivity index (χ4n) is 0.600. The number of rotatable bonds is 2. The van der Waals surface area contributed by atoms with E-state index in [0.717, 1.165) is 10.3 Å². The second kappa shape index (κ2) is 2.40. The molecular weight excluding hydrogens is 112 g/mol. The van der Waals surface area contributed by atoms with Gasteiger partial charge in [0.05, 0.1) is 21.1 Å². The second-order valence-corrected chi connectivity index (χ2v) is 3.32. The van der Waals surface area contributed by atoms with E-state index in [1.54, 1.807) is 0 Å². The van der Waals surface area contributed by atoms with Crippen LogP contribution >= 0.6 is 0 Å². The summed E-state index contributed by atoms with van der Waals surface area (Å²) in [6.07, 6.45) is 0. The molecule has 0 aliphatic carbocycles. The highest BCUT2D eigenvalue weighted by atomic mass is 15.4. The zero-order valence-electron chi connectivity index (χ0n) is 7.10. The van der Waals surface area contributed by atoms with E-state index >= 15 is 0 Å². The van der Waals surface area contributed by atoms with Gasteiger partial charge in [0.15, 0.2) is 5.82 Å². The monoisotopic (exact) mass is 129 g/mol. The van der Waals surface area contributed by atoms with Gasteiger partial charge in [0.1, 0.15) is 0 Å². The standard InChI is InChI=1S/C7H17N2/c1-7(8(2)3)9(4,5)6/h1H2,2-6H3/q+1. The first kappa shape index (κ1) is 8.50. The van der Waals surface area contributed by atoms with Crippen molar-refractivity contribution in [2.75, 3.05) is 35.2 Å². The molecule has 0 aromatic heterocycles. The van der Waals surface area contributed by atoms with Crippen LogP contribution in [-0.2, 0) is 0 Å². The molecule has 0 bridgehead atoms. The maximum Gasteiger partial charge on any atom is 0.195 e. The molecule has 0 heterocycles. The summed E-state index contributed by atoms with van der Waals surface area (Å²) >= 11 is 0. The molecule has 0 atom stereocenters. The van der Waals surface area contributed by atoms with Crippen LogP contribution in [0.3, 0.4) is 0 Å². The Labute approximate surface area is 58.0 Å². The minimum atomic E-state index is 0.799. The van der Waals surface area contributed by atoms with Gasteiger partial charge in [-0.3, -0.25) is 4.48 Å². The molecule has 0 rings (SSSR count). The van der Waals surface area contributed by atoms with E-state index in [1.165, 1.54) is 0 Å². The van der Waals surface area contributed by atoms with Crippen LogP contribution in [0, 0.1) is 0 Å². The lowest BCUT2D eigenvalue weighted by Gasteiger charge is -2.29. The van der Waals surface area contributed by atoms with Crippen molar-refractivity contribution in [1.82, 2.24) is 4.90 Å². The lowest BCUT2D eigenvalue weighted by atomic mass is 10.5. The minimum absolute atomic E-state index is 0.799. The Balaban J connectivity index is 4.06. The Kier molecular flexibility index (Phi) is 2.26. The molecule has 0 aromatic carbocycles. The lowest BCUT2D eigenvalue weighted by Crippen LogP contribution is -2.39. The van der Waals surface area contributed by atoms with Gasteiger partial charge in [-0.1, -0.05) is 0 Å². The van der Waals surface area contributed by atoms with Crippen LogP contribution in [-0.4, -0.2) is 44.6 Å². The molecule has 9 heavy (non-hydrogen) atoms. The van der Waals surface area contributed by atoms with Crippen molar-refractivity contribution in [2.24, 2.45) is 0 Å². The molecular formula is C7H17N2+. The zero-order chi connectivity index (χ0) is 7.65. The van der Waals surface area contributed by atoms with Crippen molar-refractivity contribution >= 4 is 0 Å². The molecule has 0 radical (unpaired) electrons. The molecule has 2 nitrogen and oxygen atoms in total. The Bertz CT molecular complexity index is 109. The third-order valence-corrected chi connectivity index (χ3v) is 1.29. The summed E-state index contributed by atoms with van der Waals surface area (Å²) in [5, 5.41) is 0. The summed E-state index contributed by atoms with van der Waals surface area (Å²) in [5.41, 5.74) is 0. The zero-order valence-corrected chi connectivity index (χ0v) is 7.10. The van der Waals surface area contributed by atoms with E-state index in [2.05, 4.69) is 27.7 Å². The summed E-state index contributed by atoms with van der Waals surface area (Å²) < 4.78 is 0.799. The normalized spacial score (nSPS) is 11.2. The van der Waals surface area contributed by atoms with Gasteiger partial charge >= 0.3 is 0 Å². The van der Waals surface area contributed by atoms with Crippen LogP contribution < -0.4 is 0 Å². The molecule has 0 aromatic rings. The summed E-state index contributed by atoms with van der Waals surface area (Å²) in [6, 6.07) is 0. The number of hydrogen-bond acceptors (Lipinski definition) is 1. The van der Waals surface area contributed by atoms with Gasteiger partial charge < -0.3 is 4.90 Å². The smallest absolute Gasteiger partial charge is 0.195 e. The predicted molar refractivity (Wildman–Crippen MR) is 40.9 cm³/mol. The Morgan fingerprint density at radius 3 is 1.56 bits per heavy atom. The third-order valence-electron chi connectivity index (χ3n) is 1.29. The molecule has 0 saturated heterocycles. The lowest BCUT2D eigenvalue weighted by molar-refractivity contribution is -0.839.